The molecule has 1 aliphatic heterocycles. The van der Waals surface area contributed by atoms with Crippen molar-refractivity contribution in [2.24, 2.45) is 40.1 Å². The van der Waals surface area contributed by atoms with E-state index in [0.29, 0.717) is 102 Å². The molecule has 1 heterocycles. The summed E-state index contributed by atoms with van der Waals surface area (Å²) in [5, 5.41) is 119. The van der Waals surface area contributed by atoms with Crippen molar-refractivity contribution in [3.8, 4) is 0 Å². The summed E-state index contributed by atoms with van der Waals surface area (Å²) in [5.41, 5.74) is 12.4. The predicted octanol–water partition coefficient (Wildman–Crippen LogP) is 4.17. The van der Waals surface area contributed by atoms with E-state index in [9.17, 15) is 61.0 Å². The third-order valence-corrected chi connectivity index (χ3v) is 13.7. The Hall–Kier alpha value is -2.22. The third-order valence-electron chi connectivity index (χ3n) is 13.7. The summed E-state index contributed by atoms with van der Waals surface area (Å²) in [5.74, 6) is -2.50. The predicted molar refractivity (Wildman–Crippen MR) is 262 cm³/mol. The van der Waals surface area contributed by atoms with Crippen LogP contribution in [-0.2, 0) is 9.53 Å². The number of allylic oxidation sites excluding steroid dienone is 1. The number of esters is 1. The molecule has 16 heteroatoms. The van der Waals surface area contributed by atoms with Crippen LogP contribution in [0.15, 0.2) is 28.3 Å². The maximum absolute atomic E-state index is 14.2. The van der Waals surface area contributed by atoms with Gasteiger partial charge in [-0.15, -0.1) is 0 Å². The van der Waals surface area contributed by atoms with E-state index in [4.69, 9.17) is 16.2 Å². The Morgan fingerprint density at radius 2 is 1.28 bits per heavy atom. The molecule has 1 rings (SSSR count). The zero-order chi connectivity index (χ0) is 50.6. The van der Waals surface area contributed by atoms with Crippen LogP contribution < -0.4 is 11.5 Å². The number of hydrogen-bond donors (Lipinski definition) is 13. The fraction of sp³-hybridized carbons (Fsp3) is 0.882. The molecule has 394 valence electrons. The lowest BCUT2D eigenvalue weighted by Gasteiger charge is -2.34. The van der Waals surface area contributed by atoms with E-state index in [0.717, 1.165) is 31.3 Å². The van der Waals surface area contributed by atoms with Gasteiger partial charge in [-0.2, -0.15) is 0 Å². The lowest BCUT2D eigenvalue weighted by atomic mass is 9.83. The van der Waals surface area contributed by atoms with Gasteiger partial charge in [-0.3, -0.25) is 9.79 Å². The van der Waals surface area contributed by atoms with Crippen LogP contribution in [0.1, 0.15) is 183 Å². The van der Waals surface area contributed by atoms with Gasteiger partial charge in [0.05, 0.1) is 73.1 Å². The number of guanidine groups is 1. The molecule has 67 heavy (non-hydrogen) atoms. The monoisotopic (exact) mass is 960 g/mol. The maximum atomic E-state index is 14.2. The maximum Gasteiger partial charge on any atom is 0.311 e. The smallest absolute Gasteiger partial charge is 0.311 e. The van der Waals surface area contributed by atoms with Gasteiger partial charge in [-0.25, -0.2) is 0 Å². The third kappa shape index (κ3) is 27.7. The van der Waals surface area contributed by atoms with Gasteiger partial charge in [-0.05, 0) is 134 Å². The number of aliphatic hydroxyl groups is 11. The van der Waals surface area contributed by atoms with Crippen molar-refractivity contribution in [2.75, 3.05) is 6.54 Å². The molecule has 0 aromatic heterocycles. The van der Waals surface area contributed by atoms with E-state index in [1.165, 1.54) is 6.08 Å². The van der Waals surface area contributed by atoms with Crippen molar-refractivity contribution < 1.29 is 65.7 Å². The summed E-state index contributed by atoms with van der Waals surface area (Å²) >= 11 is 0. The van der Waals surface area contributed by atoms with Gasteiger partial charge in [0.25, 0.3) is 0 Å². The molecule has 0 saturated heterocycles. The summed E-state index contributed by atoms with van der Waals surface area (Å²) in [7, 11) is 0. The fourth-order valence-electron chi connectivity index (χ4n) is 9.29. The molecule has 16 atom stereocenters. The molecule has 1 aliphatic rings. The first-order valence-corrected chi connectivity index (χ1v) is 25.7. The Kier molecular flexibility index (Phi) is 32.8. The van der Waals surface area contributed by atoms with Crippen LogP contribution in [0, 0.1) is 23.7 Å². The number of cyclic esters (lactones) is 1. The van der Waals surface area contributed by atoms with Crippen molar-refractivity contribution in [1.82, 2.24) is 0 Å². The first-order valence-electron chi connectivity index (χ1n) is 25.7. The first kappa shape index (κ1) is 62.8. The molecule has 0 fully saturated rings. The Morgan fingerprint density at radius 3 is 1.90 bits per heavy atom. The second kappa shape index (κ2) is 35.0. The molecule has 0 aliphatic carbocycles. The Bertz CT molecular complexity index is 1400. The minimum Gasteiger partial charge on any atom is -0.461 e. The number of ether oxygens (including phenoxy) is 1. The lowest BCUT2D eigenvalue weighted by Crippen LogP contribution is -2.42. The van der Waals surface area contributed by atoms with Gasteiger partial charge in [0, 0.05) is 24.8 Å². The number of aliphatic imine (C=N–C) groups is 1. The van der Waals surface area contributed by atoms with Crippen LogP contribution in [0.4, 0.5) is 0 Å². The SMILES string of the molecule is CCCCC[C@@H]1C(=O)O[C@@H]([C@H](C)[C@H](O)CCCN=C(N)N)[C@@H](C)/C=C(\C)CCCC[C@H](O)C[C@@H](O)C[C@H](O)C[C@H](O)C[C@@H](O)[C@@H](O)/C=C(\C)[C@@H](O)CCC[C@@H](O)CCC[C@H](O)CC[C@@H](C)[C@H]1O. The second-order valence-corrected chi connectivity index (χ2v) is 20.3. The summed E-state index contributed by atoms with van der Waals surface area (Å²) in [6.45, 7) is 11.7. The highest BCUT2D eigenvalue weighted by Crippen LogP contribution is 2.31. The van der Waals surface area contributed by atoms with E-state index in [1.807, 2.05) is 33.8 Å². The molecule has 16 nitrogen and oxygen atoms in total. The van der Waals surface area contributed by atoms with Gasteiger partial charge >= 0.3 is 5.97 Å². The van der Waals surface area contributed by atoms with Crippen LogP contribution in [0.25, 0.3) is 0 Å². The Morgan fingerprint density at radius 1 is 0.716 bits per heavy atom. The summed E-state index contributed by atoms with van der Waals surface area (Å²) in [6, 6.07) is 0. The standard InChI is InChI=1S/C51H97N3O13/c1-7-8-9-20-43-48(65)33(3)23-24-38(56)18-12-17-37(55)19-13-21-44(61)34(4)27-46(63)47(64)31-42(60)30-41(59)29-40(58)28-39(57)16-11-10-15-32(2)26-35(5)49(67-50(43)66)36(6)45(62)22-14-25-54-51(52)53/h26-27,33,35-49,55-65H,7-25,28-31H2,1-6H3,(H4,52,53,54)/b32-26+,34-27+/t33-,35+,36-,37+,38+,39+,40-,41+,42+,43+,44+,45-,46+,47-,48-,49-/m1/s1. The molecule has 0 aromatic rings. The molecule has 0 amide bonds. The van der Waals surface area contributed by atoms with Crippen molar-refractivity contribution in [2.45, 2.75) is 256 Å². The Balaban J connectivity index is 3.31. The van der Waals surface area contributed by atoms with Crippen molar-refractivity contribution in [1.29, 1.82) is 0 Å². The highest BCUT2D eigenvalue weighted by atomic mass is 16.5. The van der Waals surface area contributed by atoms with Crippen LogP contribution in [0.3, 0.4) is 0 Å². The summed E-state index contributed by atoms with van der Waals surface area (Å²) < 4.78 is 6.35. The zero-order valence-electron chi connectivity index (χ0n) is 42.0. The van der Waals surface area contributed by atoms with Gasteiger partial charge < -0.3 is 72.4 Å². The van der Waals surface area contributed by atoms with E-state index >= 15 is 0 Å². The van der Waals surface area contributed by atoms with Gasteiger partial charge in [0.15, 0.2) is 5.96 Å². The number of nitrogens with two attached hydrogens (primary N) is 2. The summed E-state index contributed by atoms with van der Waals surface area (Å²) in [6.07, 6.45) is 0.977. The molecule has 0 bridgehead atoms. The Labute approximate surface area is 402 Å². The van der Waals surface area contributed by atoms with Crippen LogP contribution in [-0.4, -0.2) is 148 Å². The van der Waals surface area contributed by atoms with Crippen molar-refractivity contribution in [3.05, 3.63) is 23.3 Å². The van der Waals surface area contributed by atoms with E-state index in [1.54, 1.807) is 6.92 Å². The molecule has 15 N–H and O–H groups in total. The average molecular weight is 960 g/mol. The molecule has 0 unspecified atom stereocenters. The van der Waals surface area contributed by atoms with Gasteiger partial charge in [0.1, 0.15) is 6.10 Å². The highest BCUT2D eigenvalue weighted by molar-refractivity contribution is 5.75. The van der Waals surface area contributed by atoms with Crippen molar-refractivity contribution >= 4 is 11.9 Å². The van der Waals surface area contributed by atoms with Gasteiger partial charge in [-0.1, -0.05) is 71.1 Å². The minimum absolute atomic E-state index is 0.0276. The van der Waals surface area contributed by atoms with Crippen molar-refractivity contribution in [3.63, 3.8) is 0 Å². The molecule has 0 spiro atoms. The zero-order valence-corrected chi connectivity index (χ0v) is 42.0. The number of aliphatic hydroxyl groups excluding tert-OH is 11. The van der Waals surface area contributed by atoms with E-state index < -0.39 is 91.1 Å². The normalized spacial score (nSPS) is 36.3. The topological polar surface area (TPSA) is 313 Å². The largest absolute Gasteiger partial charge is 0.461 e. The summed E-state index contributed by atoms with van der Waals surface area (Å²) in [4.78, 5) is 18.3. The first-order chi connectivity index (χ1) is 31.5. The molecular weight excluding hydrogens is 863 g/mol. The number of carbonyl (C=O) groups is 1. The van der Waals surface area contributed by atoms with Crippen LogP contribution in [0.2, 0.25) is 0 Å². The van der Waals surface area contributed by atoms with Gasteiger partial charge in [0.2, 0.25) is 0 Å². The minimum atomic E-state index is -1.38. The number of unbranched alkanes of at least 4 members (excludes halogenated alkanes) is 2. The lowest BCUT2D eigenvalue weighted by molar-refractivity contribution is -0.167. The highest BCUT2D eigenvalue weighted by Gasteiger charge is 2.37. The number of hydrogen-bond acceptors (Lipinski definition) is 14. The number of nitrogens with zero attached hydrogens (tertiary/aromatic N) is 1. The van der Waals surface area contributed by atoms with E-state index in [-0.39, 0.29) is 43.5 Å². The van der Waals surface area contributed by atoms with E-state index in [2.05, 4.69) is 11.9 Å². The molecule has 0 radical (unpaired) electrons. The molecular formula is C51H97N3O13. The quantitative estimate of drug-likeness (QED) is 0.0481. The van der Waals surface area contributed by atoms with Crippen LogP contribution in [0.5, 0.6) is 0 Å². The van der Waals surface area contributed by atoms with Crippen LogP contribution >= 0.6 is 0 Å². The molecule has 0 saturated carbocycles. The number of rotatable bonds is 10. The fourth-order valence-corrected chi connectivity index (χ4v) is 9.29. The number of carbonyl (C=O) groups excluding carboxylic acids is 1. The average Bonchev–Trinajstić information content (AvgIpc) is 3.24. The second-order valence-electron chi connectivity index (χ2n) is 20.3. The molecule has 0 aromatic carbocycles.